The fourth-order valence-electron chi connectivity index (χ4n) is 3.35. The van der Waals surface area contributed by atoms with E-state index in [0.29, 0.717) is 11.5 Å². The maximum absolute atomic E-state index is 13.0. The summed E-state index contributed by atoms with van der Waals surface area (Å²) in [5.41, 5.74) is 4.90. The second-order valence-corrected chi connectivity index (χ2v) is 10.6. The monoisotopic (exact) mass is 591 g/mol. The normalized spacial score (nSPS) is 13.7. The molecule has 0 radical (unpaired) electrons. The summed E-state index contributed by atoms with van der Waals surface area (Å²) in [6.45, 7) is 2.05. The average Bonchev–Trinajstić information content (AvgIpc) is 3.26. The third kappa shape index (κ3) is 5.93. The summed E-state index contributed by atoms with van der Waals surface area (Å²) >= 11 is 2.10. The number of amides is 1. The van der Waals surface area contributed by atoms with Gasteiger partial charge in [0.05, 0.1) is 11.1 Å². The van der Waals surface area contributed by atoms with Crippen molar-refractivity contribution in [2.45, 2.75) is 24.3 Å². The van der Waals surface area contributed by atoms with Crippen LogP contribution in [0.5, 0.6) is 11.5 Å². The first-order chi connectivity index (χ1) is 16.3. The van der Waals surface area contributed by atoms with E-state index < -0.39 is 22.0 Å². The van der Waals surface area contributed by atoms with Crippen LogP contribution in [0.25, 0.3) is 0 Å². The molecule has 8 nitrogen and oxygen atoms in total. The Morgan fingerprint density at radius 2 is 1.76 bits per heavy atom. The molecule has 1 aliphatic heterocycles. The molecular formula is C24H22IN3O5S. The quantitative estimate of drug-likeness (QED) is 0.238. The van der Waals surface area contributed by atoms with Crippen LogP contribution >= 0.6 is 22.6 Å². The van der Waals surface area contributed by atoms with Gasteiger partial charge in [0.2, 0.25) is 16.8 Å². The smallest absolute Gasteiger partial charge is 0.258 e. The van der Waals surface area contributed by atoms with Crippen molar-refractivity contribution in [1.82, 2.24) is 10.1 Å². The lowest BCUT2D eigenvalue weighted by Crippen LogP contribution is -2.46. The molecule has 1 heterocycles. The zero-order valence-electron chi connectivity index (χ0n) is 18.2. The van der Waals surface area contributed by atoms with Gasteiger partial charge in [0.25, 0.3) is 5.91 Å². The average molecular weight is 591 g/mol. The zero-order valence-corrected chi connectivity index (χ0v) is 21.2. The molecule has 10 heteroatoms. The van der Waals surface area contributed by atoms with Crippen molar-refractivity contribution < 1.29 is 22.7 Å². The van der Waals surface area contributed by atoms with Crippen LogP contribution in [0.15, 0.2) is 76.7 Å². The highest BCUT2D eigenvalue weighted by Crippen LogP contribution is 2.34. The Bertz CT molecular complexity index is 1310. The number of aryl methyl sites for hydroxylation is 1. The summed E-state index contributed by atoms with van der Waals surface area (Å²) in [7, 11) is -3.93. The van der Waals surface area contributed by atoms with Crippen molar-refractivity contribution in [3.05, 3.63) is 87.0 Å². The van der Waals surface area contributed by atoms with Crippen molar-refractivity contribution >= 4 is 44.7 Å². The lowest BCUT2D eigenvalue weighted by atomic mass is 10.1. The van der Waals surface area contributed by atoms with E-state index in [2.05, 4.69) is 37.8 Å². The number of benzene rings is 3. The molecule has 0 aromatic heterocycles. The molecule has 0 unspecified atom stereocenters. The molecule has 0 saturated heterocycles. The molecule has 3 aromatic rings. The predicted octanol–water partition coefficient (Wildman–Crippen LogP) is 3.37. The van der Waals surface area contributed by atoms with Crippen molar-refractivity contribution in [3.8, 4) is 11.5 Å². The molecule has 0 saturated carbocycles. The zero-order chi connectivity index (χ0) is 24.1. The number of hydrogen-bond donors (Lipinski definition) is 2. The van der Waals surface area contributed by atoms with Crippen molar-refractivity contribution in [1.29, 1.82) is 0 Å². The van der Waals surface area contributed by atoms with Gasteiger partial charge in [-0.2, -0.15) is 9.82 Å². The maximum Gasteiger partial charge on any atom is 0.258 e. The molecule has 0 bridgehead atoms. The number of fused-ring (bicyclic) bond motifs is 1. The minimum absolute atomic E-state index is 0.0817. The van der Waals surface area contributed by atoms with E-state index >= 15 is 0 Å². The number of ether oxygens (including phenoxy) is 2. The molecule has 2 N–H and O–H groups in total. The van der Waals surface area contributed by atoms with E-state index in [0.717, 1.165) is 20.3 Å². The lowest BCUT2D eigenvalue weighted by Gasteiger charge is -2.17. The highest BCUT2D eigenvalue weighted by Gasteiger charge is 2.26. The fraction of sp³-hybridized carbons (Fsp3) is 0.167. The molecule has 4 rings (SSSR count). The summed E-state index contributed by atoms with van der Waals surface area (Å²) in [6, 6.07) is 18.1. The van der Waals surface area contributed by atoms with Crippen LogP contribution in [0.3, 0.4) is 0 Å². The van der Waals surface area contributed by atoms with Gasteiger partial charge in [0.15, 0.2) is 11.5 Å². The van der Waals surface area contributed by atoms with E-state index in [-0.39, 0.29) is 18.1 Å². The number of halogens is 1. The molecule has 1 aliphatic rings. The number of nitrogens with zero attached hydrogens (tertiary/aromatic N) is 1. The van der Waals surface area contributed by atoms with Crippen LogP contribution in [0, 0.1) is 10.5 Å². The molecule has 1 amide bonds. The number of nitrogens with one attached hydrogen (secondary N) is 2. The Kier molecular flexibility index (Phi) is 7.49. The van der Waals surface area contributed by atoms with E-state index in [4.69, 9.17) is 9.47 Å². The van der Waals surface area contributed by atoms with Gasteiger partial charge in [-0.15, -0.1) is 0 Å². The SMILES string of the molecule is Cc1cc2c(cc1/C=N\NC(=O)[C@H](Cc1ccccc1)NS(=O)(=O)c1ccc(I)cc1)OCO2. The standard InChI is InChI=1S/C24H22IN3O5S/c1-16-11-22-23(33-15-32-22)13-18(16)14-26-27-24(29)21(12-17-5-3-2-4-6-17)28-34(30,31)20-9-7-19(25)8-10-20/h2-11,13-14,21,28H,12,15H2,1H3,(H,27,29)/b26-14-/t21-/m0/s1. The summed E-state index contributed by atoms with van der Waals surface area (Å²) in [5.74, 6) is 0.685. The molecule has 3 aromatic carbocycles. The Balaban J connectivity index is 1.52. The fourth-order valence-corrected chi connectivity index (χ4v) is 4.90. The Morgan fingerprint density at radius 1 is 1.09 bits per heavy atom. The Hall–Kier alpha value is -2.96. The van der Waals surface area contributed by atoms with E-state index in [9.17, 15) is 13.2 Å². The van der Waals surface area contributed by atoms with Gasteiger partial charge in [-0.05, 0) is 83.5 Å². The van der Waals surface area contributed by atoms with Gasteiger partial charge in [-0.3, -0.25) is 4.79 Å². The first-order valence-corrected chi connectivity index (χ1v) is 12.9. The molecule has 176 valence electrons. The highest BCUT2D eigenvalue weighted by atomic mass is 127. The number of carbonyl (C=O) groups is 1. The van der Waals surface area contributed by atoms with Crippen LogP contribution in [0.4, 0.5) is 0 Å². The van der Waals surface area contributed by atoms with Crippen LogP contribution in [-0.4, -0.2) is 33.4 Å². The molecule has 34 heavy (non-hydrogen) atoms. The number of hydrazone groups is 1. The van der Waals surface area contributed by atoms with Crippen molar-refractivity contribution in [3.63, 3.8) is 0 Å². The van der Waals surface area contributed by atoms with E-state index in [1.807, 2.05) is 43.3 Å². The topological polar surface area (TPSA) is 106 Å². The first kappa shape index (κ1) is 24.2. The van der Waals surface area contributed by atoms with Crippen LogP contribution < -0.4 is 19.6 Å². The van der Waals surface area contributed by atoms with E-state index in [1.165, 1.54) is 18.3 Å². The minimum Gasteiger partial charge on any atom is -0.454 e. The second-order valence-electron chi connectivity index (χ2n) is 7.61. The summed E-state index contributed by atoms with van der Waals surface area (Å²) in [6.07, 6.45) is 1.65. The van der Waals surface area contributed by atoms with Gasteiger partial charge in [-0.1, -0.05) is 30.3 Å². The molecule has 0 fully saturated rings. The van der Waals surface area contributed by atoms with Crippen LogP contribution in [0.1, 0.15) is 16.7 Å². The second kappa shape index (κ2) is 10.5. The molecule has 1 atom stereocenters. The number of hydrogen-bond acceptors (Lipinski definition) is 6. The lowest BCUT2D eigenvalue weighted by molar-refractivity contribution is -0.122. The first-order valence-electron chi connectivity index (χ1n) is 10.4. The largest absolute Gasteiger partial charge is 0.454 e. The van der Waals surface area contributed by atoms with E-state index in [1.54, 1.807) is 18.2 Å². The van der Waals surface area contributed by atoms with Crippen LogP contribution in [-0.2, 0) is 21.2 Å². The summed E-state index contributed by atoms with van der Waals surface area (Å²) < 4.78 is 40.0. The minimum atomic E-state index is -3.93. The number of sulfonamides is 1. The van der Waals surface area contributed by atoms with Gasteiger partial charge >= 0.3 is 0 Å². The number of rotatable bonds is 8. The maximum atomic E-state index is 13.0. The van der Waals surface area contributed by atoms with Crippen molar-refractivity contribution in [2.24, 2.45) is 5.10 Å². The molecule has 0 aliphatic carbocycles. The van der Waals surface area contributed by atoms with Gasteiger partial charge in [0.1, 0.15) is 6.04 Å². The van der Waals surface area contributed by atoms with Gasteiger partial charge < -0.3 is 9.47 Å². The Morgan fingerprint density at radius 3 is 2.47 bits per heavy atom. The van der Waals surface area contributed by atoms with Crippen molar-refractivity contribution in [2.75, 3.05) is 6.79 Å². The Labute approximate surface area is 211 Å². The molecule has 0 spiro atoms. The highest BCUT2D eigenvalue weighted by molar-refractivity contribution is 14.1. The number of carbonyl (C=O) groups excluding carboxylic acids is 1. The third-order valence-corrected chi connectivity index (χ3v) is 7.37. The predicted molar refractivity (Wildman–Crippen MR) is 136 cm³/mol. The third-order valence-electron chi connectivity index (χ3n) is 5.16. The summed E-state index contributed by atoms with van der Waals surface area (Å²) in [5, 5.41) is 4.05. The van der Waals surface area contributed by atoms with Gasteiger partial charge in [-0.25, -0.2) is 13.8 Å². The molecular weight excluding hydrogens is 569 g/mol. The van der Waals surface area contributed by atoms with Gasteiger partial charge in [0, 0.05) is 9.13 Å². The summed E-state index contributed by atoms with van der Waals surface area (Å²) in [4.78, 5) is 13.1. The van der Waals surface area contributed by atoms with Crippen LogP contribution in [0.2, 0.25) is 0 Å².